The van der Waals surface area contributed by atoms with Crippen molar-refractivity contribution in [3.63, 3.8) is 0 Å². The van der Waals surface area contributed by atoms with E-state index in [1.54, 1.807) is 0 Å². The highest BCUT2D eigenvalue weighted by Crippen LogP contribution is 2.25. The molecule has 0 saturated carbocycles. The summed E-state index contributed by atoms with van der Waals surface area (Å²) in [6, 6.07) is 1.56. The summed E-state index contributed by atoms with van der Waals surface area (Å²) >= 11 is 0. The van der Waals surface area contributed by atoms with Gasteiger partial charge in [-0.2, -0.15) is 0 Å². The molecule has 0 amide bonds. The zero-order valence-electron chi connectivity index (χ0n) is 37.2. The first kappa shape index (κ1) is 55.2. The van der Waals surface area contributed by atoms with E-state index in [9.17, 15) is 0 Å². The summed E-state index contributed by atoms with van der Waals surface area (Å²) in [5, 5.41) is 0. The van der Waals surface area contributed by atoms with Crippen LogP contribution in [0.15, 0.2) is 0 Å². The second-order valence-corrected chi connectivity index (χ2v) is 19.9. The number of halogens is 2. The molecule has 0 bridgehead atoms. The number of nitrogens with zero attached hydrogens (tertiary/aromatic N) is 2. The molecule has 0 rings (SSSR count). The van der Waals surface area contributed by atoms with Crippen LogP contribution in [0.3, 0.4) is 0 Å². The van der Waals surface area contributed by atoms with E-state index in [0.717, 1.165) is 47.6 Å². The molecule has 0 aliphatic rings. The van der Waals surface area contributed by atoms with Gasteiger partial charge < -0.3 is 42.9 Å². The van der Waals surface area contributed by atoms with Crippen LogP contribution in [0, 0.1) is 35.5 Å². The summed E-state index contributed by atoms with van der Waals surface area (Å²) in [5.74, 6) is 5.38. The second-order valence-electron chi connectivity index (χ2n) is 19.9. The lowest BCUT2D eigenvalue weighted by atomic mass is 9.91. The minimum atomic E-state index is 0. The molecule has 0 fully saturated rings. The molecule has 0 radical (unpaired) electrons. The first-order valence-electron chi connectivity index (χ1n) is 22.1. The van der Waals surface area contributed by atoms with Crippen molar-refractivity contribution in [3.05, 3.63) is 0 Å². The third-order valence-electron chi connectivity index (χ3n) is 13.0. The quantitative estimate of drug-likeness (QED) is 0.0461. The molecule has 50 heavy (non-hydrogen) atoms. The Hall–Kier alpha value is 0.880. The summed E-state index contributed by atoms with van der Waals surface area (Å²) in [6.07, 6.45) is 31.2. The van der Waals surface area contributed by atoms with E-state index in [4.69, 9.17) is 0 Å². The Labute approximate surface area is 340 Å². The van der Waals surface area contributed by atoms with Gasteiger partial charge in [-0.3, -0.25) is 0 Å². The number of rotatable bonds is 33. The molecular weight excluding hydrogens is 740 g/mol. The molecule has 0 heterocycles. The van der Waals surface area contributed by atoms with Crippen molar-refractivity contribution in [2.75, 3.05) is 41.3 Å². The van der Waals surface area contributed by atoms with E-state index >= 15 is 0 Å². The fraction of sp³-hybridized carbons (Fsp3) is 1.00. The van der Waals surface area contributed by atoms with Crippen molar-refractivity contribution in [2.24, 2.45) is 35.5 Å². The van der Waals surface area contributed by atoms with Crippen LogP contribution in [0.2, 0.25) is 0 Å². The van der Waals surface area contributed by atoms with E-state index in [2.05, 4.69) is 97.4 Å². The molecule has 0 saturated heterocycles. The van der Waals surface area contributed by atoms with Crippen LogP contribution in [0.1, 0.15) is 210 Å². The average molecular weight is 839 g/mol. The summed E-state index contributed by atoms with van der Waals surface area (Å²) in [6.45, 7) is 27.1. The molecule has 0 aromatic rings. The number of hydrogen-bond acceptors (Lipinski definition) is 0. The monoisotopic (exact) mass is 837 g/mol. The van der Waals surface area contributed by atoms with Gasteiger partial charge in [0.05, 0.1) is 53.4 Å². The van der Waals surface area contributed by atoms with Crippen LogP contribution >= 0.6 is 0 Å². The zero-order valence-corrected chi connectivity index (χ0v) is 40.4. The average Bonchev–Trinajstić information content (AvgIpc) is 2.98. The minimum Gasteiger partial charge on any atom is -1.00 e. The first-order valence-corrected chi connectivity index (χ1v) is 22.1. The van der Waals surface area contributed by atoms with Gasteiger partial charge in [0.15, 0.2) is 0 Å². The fourth-order valence-corrected chi connectivity index (χ4v) is 8.01. The molecule has 6 atom stereocenters. The largest absolute Gasteiger partial charge is 1.00 e. The maximum Gasteiger partial charge on any atom is 0.0857 e. The summed E-state index contributed by atoms with van der Waals surface area (Å²) in [5.41, 5.74) is 0. The van der Waals surface area contributed by atoms with Crippen LogP contribution in [0.5, 0.6) is 0 Å². The second kappa shape index (κ2) is 32.2. The van der Waals surface area contributed by atoms with Crippen LogP contribution in [0.25, 0.3) is 0 Å². The normalized spacial score (nSPS) is 16.1. The molecule has 0 spiro atoms. The van der Waals surface area contributed by atoms with Crippen molar-refractivity contribution in [1.82, 2.24) is 0 Å². The minimum absolute atomic E-state index is 0. The zero-order chi connectivity index (χ0) is 36.6. The van der Waals surface area contributed by atoms with Crippen LogP contribution in [-0.4, -0.2) is 62.3 Å². The van der Waals surface area contributed by atoms with Gasteiger partial charge >= 0.3 is 0 Å². The standard InChI is InChI=1S/C46H98N2.2BrH/c1-39(2)25-19-27-41(5)29-21-31-43(7)33-23-35-45(9)47(11,12)37-17-15-16-18-38-48(13,14)46(10)36-24-34-44(8)32-22-30-42(6)28-20-26-40(3)4;;/h39-46H,15-38H2,1-14H3;2*1H/q+2;;/p-2. The molecular formula is C46H98Br2N2. The van der Waals surface area contributed by atoms with Crippen molar-refractivity contribution in [2.45, 2.75) is 223 Å². The lowest BCUT2D eigenvalue weighted by Gasteiger charge is -2.37. The summed E-state index contributed by atoms with van der Waals surface area (Å²) < 4.78 is 2.41. The first-order chi connectivity index (χ1) is 22.5. The van der Waals surface area contributed by atoms with E-state index < -0.39 is 0 Å². The lowest BCUT2D eigenvalue weighted by molar-refractivity contribution is -0.914. The maximum atomic E-state index is 2.52. The Morgan fingerprint density at radius 3 is 0.740 bits per heavy atom. The topological polar surface area (TPSA) is 0 Å². The summed E-state index contributed by atoms with van der Waals surface area (Å²) in [4.78, 5) is 0. The van der Waals surface area contributed by atoms with Gasteiger partial charge in [-0.15, -0.1) is 0 Å². The third-order valence-corrected chi connectivity index (χ3v) is 13.0. The molecule has 0 aromatic carbocycles. The van der Waals surface area contributed by atoms with Crippen molar-refractivity contribution >= 4 is 0 Å². The molecule has 4 heteroatoms. The number of unbranched alkanes of at least 4 members (excludes halogenated alkanes) is 3. The van der Waals surface area contributed by atoms with Gasteiger partial charge in [-0.25, -0.2) is 0 Å². The highest BCUT2D eigenvalue weighted by Gasteiger charge is 2.25. The Morgan fingerprint density at radius 2 is 0.500 bits per heavy atom. The van der Waals surface area contributed by atoms with Gasteiger partial charge in [-0.05, 0) is 101 Å². The predicted octanol–water partition coefficient (Wildman–Crippen LogP) is 8.36. The van der Waals surface area contributed by atoms with Gasteiger partial charge in [0.2, 0.25) is 0 Å². The van der Waals surface area contributed by atoms with Crippen molar-refractivity contribution in [3.8, 4) is 0 Å². The highest BCUT2D eigenvalue weighted by molar-refractivity contribution is 4.63. The van der Waals surface area contributed by atoms with Crippen LogP contribution < -0.4 is 34.0 Å². The Balaban J connectivity index is -0.0000110. The smallest absolute Gasteiger partial charge is 0.0857 e. The molecule has 306 valence electrons. The molecule has 2 nitrogen and oxygen atoms in total. The van der Waals surface area contributed by atoms with Crippen LogP contribution in [-0.2, 0) is 0 Å². The van der Waals surface area contributed by atoms with Crippen molar-refractivity contribution < 1.29 is 42.9 Å². The Morgan fingerprint density at radius 1 is 0.280 bits per heavy atom. The van der Waals surface area contributed by atoms with E-state index in [-0.39, 0.29) is 34.0 Å². The van der Waals surface area contributed by atoms with E-state index in [0.29, 0.717) is 0 Å². The van der Waals surface area contributed by atoms with Crippen LogP contribution in [0.4, 0.5) is 0 Å². The van der Waals surface area contributed by atoms with Gasteiger partial charge in [-0.1, -0.05) is 145 Å². The third kappa shape index (κ3) is 31.3. The fourth-order valence-electron chi connectivity index (χ4n) is 8.01. The summed E-state index contributed by atoms with van der Waals surface area (Å²) in [7, 11) is 9.97. The molecule has 0 N–H and O–H groups in total. The van der Waals surface area contributed by atoms with Gasteiger partial charge in [0, 0.05) is 0 Å². The van der Waals surface area contributed by atoms with Crippen molar-refractivity contribution in [1.29, 1.82) is 0 Å². The number of hydrogen-bond donors (Lipinski definition) is 0. The van der Waals surface area contributed by atoms with Gasteiger partial charge in [0.1, 0.15) is 0 Å². The molecule has 0 aliphatic heterocycles. The predicted molar refractivity (Wildman–Crippen MR) is 221 cm³/mol. The Kier molecular flexibility index (Phi) is 35.5. The number of quaternary nitrogens is 2. The van der Waals surface area contributed by atoms with Gasteiger partial charge in [0.25, 0.3) is 0 Å². The lowest BCUT2D eigenvalue weighted by Crippen LogP contribution is -3.00. The van der Waals surface area contributed by atoms with E-state index in [1.165, 1.54) is 163 Å². The Bertz CT molecular complexity index is 661. The SMILES string of the molecule is CC(C)CCCC(C)CCCC(C)CCCC(C)[N+](C)(C)CCCCCC[N+](C)(C)C(C)CCCC(C)CCCC(C)CCCC(C)C.[Br-].[Br-]. The molecule has 0 aromatic heterocycles. The molecule has 6 unspecified atom stereocenters. The molecule has 0 aliphatic carbocycles. The highest BCUT2D eigenvalue weighted by atomic mass is 79.9. The maximum absolute atomic E-state index is 2.52. The van der Waals surface area contributed by atoms with E-state index in [1.807, 2.05) is 0 Å².